The molecule has 1 aromatic heterocycles. The summed E-state index contributed by atoms with van der Waals surface area (Å²) in [5, 5.41) is 13.6. The van der Waals surface area contributed by atoms with E-state index in [4.69, 9.17) is 11.6 Å². The van der Waals surface area contributed by atoms with Crippen molar-refractivity contribution in [3.63, 3.8) is 0 Å². The summed E-state index contributed by atoms with van der Waals surface area (Å²) in [6.45, 7) is 2.40. The maximum Gasteiger partial charge on any atom is 0.300 e. The molecule has 110 valence electrons. The second-order valence-electron chi connectivity index (χ2n) is 4.30. The Kier molecular flexibility index (Phi) is 4.93. The predicted molar refractivity (Wildman–Crippen MR) is 83.0 cm³/mol. The number of benzene rings is 1. The average molecular weight is 325 g/mol. The lowest BCUT2D eigenvalue weighted by molar-refractivity contribution is -0.385. The van der Waals surface area contributed by atoms with Crippen LogP contribution in [0.25, 0.3) is 0 Å². The van der Waals surface area contributed by atoms with E-state index >= 15 is 0 Å². The molecule has 1 aromatic carbocycles. The molecule has 1 heterocycles. The van der Waals surface area contributed by atoms with Gasteiger partial charge in [0.2, 0.25) is 0 Å². The second kappa shape index (κ2) is 6.69. The van der Waals surface area contributed by atoms with E-state index in [2.05, 4.69) is 12.2 Å². The SMILES string of the molecule is CCc1ccc(CNC(=O)c2cccc(Cl)c2[N+](=O)[O-])s1. The highest BCUT2D eigenvalue weighted by atomic mass is 35.5. The molecule has 2 aromatic rings. The van der Waals surface area contributed by atoms with E-state index in [1.54, 1.807) is 11.3 Å². The zero-order valence-corrected chi connectivity index (χ0v) is 12.8. The molecule has 1 amide bonds. The van der Waals surface area contributed by atoms with Crippen LogP contribution in [0.2, 0.25) is 5.02 Å². The molecule has 0 saturated carbocycles. The second-order valence-corrected chi connectivity index (χ2v) is 5.96. The average Bonchev–Trinajstić information content (AvgIpc) is 2.92. The van der Waals surface area contributed by atoms with Crippen molar-refractivity contribution >= 4 is 34.5 Å². The quantitative estimate of drug-likeness (QED) is 0.671. The van der Waals surface area contributed by atoms with Gasteiger partial charge in [-0.1, -0.05) is 24.6 Å². The number of nitrogens with zero attached hydrogens (tertiary/aromatic N) is 1. The van der Waals surface area contributed by atoms with Gasteiger partial charge in [0.25, 0.3) is 5.91 Å². The summed E-state index contributed by atoms with van der Waals surface area (Å²) < 4.78 is 0. The number of halogens is 1. The number of nitro benzene ring substituents is 1. The van der Waals surface area contributed by atoms with Crippen LogP contribution in [0.4, 0.5) is 5.69 Å². The fraction of sp³-hybridized carbons (Fsp3) is 0.214. The number of nitrogens with one attached hydrogen (secondary N) is 1. The number of hydrogen-bond acceptors (Lipinski definition) is 4. The first-order valence-corrected chi connectivity index (χ1v) is 7.51. The van der Waals surface area contributed by atoms with Crippen molar-refractivity contribution in [3.05, 3.63) is 60.8 Å². The van der Waals surface area contributed by atoms with Crippen LogP contribution in [-0.2, 0) is 13.0 Å². The van der Waals surface area contributed by atoms with Gasteiger partial charge < -0.3 is 5.32 Å². The summed E-state index contributed by atoms with van der Waals surface area (Å²) in [5.74, 6) is -0.504. The highest BCUT2D eigenvalue weighted by Gasteiger charge is 2.23. The molecule has 2 rings (SSSR count). The molecule has 5 nitrogen and oxygen atoms in total. The van der Waals surface area contributed by atoms with Gasteiger partial charge in [-0.3, -0.25) is 14.9 Å². The Hall–Kier alpha value is -1.92. The normalized spacial score (nSPS) is 10.4. The molecular weight excluding hydrogens is 312 g/mol. The van der Waals surface area contributed by atoms with Gasteiger partial charge in [0.15, 0.2) is 0 Å². The molecule has 0 unspecified atom stereocenters. The fourth-order valence-electron chi connectivity index (χ4n) is 1.85. The van der Waals surface area contributed by atoms with Crippen molar-refractivity contribution in [2.45, 2.75) is 19.9 Å². The predicted octanol–water partition coefficient (Wildman–Crippen LogP) is 3.80. The topological polar surface area (TPSA) is 72.2 Å². The number of thiophene rings is 1. The fourth-order valence-corrected chi connectivity index (χ4v) is 3.00. The van der Waals surface area contributed by atoms with Gasteiger partial charge in [0.1, 0.15) is 10.6 Å². The van der Waals surface area contributed by atoms with Crippen LogP contribution in [0.3, 0.4) is 0 Å². The molecule has 0 atom stereocenters. The number of carbonyl (C=O) groups excluding carboxylic acids is 1. The van der Waals surface area contributed by atoms with Crippen molar-refractivity contribution < 1.29 is 9.72 Å². The van der Waals surface area contributed by atoms with Crippen molar-refractivity contribution in [1.82, 2.24) is 5.32 Å². The Labute approximate surface area is 130 Å². The Morgan fingerprint density at radius 2 is 2.05 bits per heavy atom. The van der Waals surface area contributed by atoms with Crippen molar-refractivity contribution in [3.8, 4) is 0 Å². The van der Waals surface area contributed by atoms with Crippen LogP contribution in [0, 0.1) is 10.1 Å². The Balaban J connectivity index is 2.14. The summed E-state index contributed by atoms with van der Waals surface area (Å²) in [5.41, 5.74) is -0.392. The number of carbonyl (C=O) groups is 1. The minimum absolute atomic E-state index is 0.0280. The third-order valence-corrected chi connectivity index (χ3v) is 4.44. The molecule has 21 heavy (non-hydrogen) atoms. The lowest BCUT2D eigenvalue weighted by Crippen LogP contribution is -2.23. The van der Waals surface area contributed by atoms with Gasteiger partial charge in [-0.25, -0.2) is 0 Å². The number of hydrogen-bond donors (Lipinski definition) is 1. The van der Waals surface area contributed by atoms with E-state index in [1.807, 2.05) is 12.1 Å². The van der Waals surface area contributed by atoms with Gasteiger partial charge in [-0.2, -0.15) is 0 Å². The third-order valence-electron chi connectivity index (χ3n) is 2.90. The smallest absolute Gasteiger partial charge is 0.300 e. The molecule has 0 aliphatic rings. The van der Waals surface area contributed by atoms with Crippen molar-refractivity contribution in [2.24, 2.45) is 0 Å². The molecular formula is C14H13ClN2O3S. The molecule has 0 spiro atoms. The first-order chi connectivity index (χ1) is 10.0. The van der Waals surface area contributed by atoms with E-state index in [9.17, 15) is 14.9 Å². The first kappa shape index (κ1) is 15.5. The monoisotopic (exact) mass is 324 g/mol. The highest BCUT2D eigenvalue weighted by Crippen LogP contribution is 2.28. The highest BCUT2D eigenvalue weighted by molar-refractivity contribution is 7.11. The largest absolute Gasteiger partial charge is 0.347 e. The number of amides is 1. The van der Waals surface area contributed by atoms with Gasteiger partial charge >= 0.3 is 5.69 Å². The number of rotatable bonds is 5. The van der Waals surface area contributed by atoms with Gasteiger partial charge in [-0.05, 0) is 30.7 Å². The standard InChI is InChI=1S/C14H13ClN2O3S/c1-2-9-6-7-10(21-9)8-16-14(18)11-4-3-5-12(15)13(11)17(19)20/h3-7H,2,8H2,1H3,(H,16,18). The van der Waals surface area contributed by atoms with E-state index in [-0.39, 0.29) is 16.3 Å². The Morgan fingerprint density at radius 3 is 2.67 bits per heavy atom. The third kappa shape index (κ3) is 3.59. The summed E-state index contributed by atoms with van der Waals surface area (Å²) in [6, 6.07) is 8.25. The van der Waals surface area contributed by atoms with Crippen molar-refractivity contribution in [1.29, 1.82) is 0 Å². The first-order valence-electron chi connectivity index (χ1n) is 6.31. The zero-order chi connectivity index (χ0) is 15.4. The summed E-state index contributed by atoms with van der Waals surface area (Å²) >= 11 is 7.40. The maximum absolute atomic E-state index is 12.1. The van der Waals surface area contributed by atoms with E-state index in [1.165, 1.54) is 23.1 Å². The zero-order valence-electron chi connectivity index (χ0n) is 11.3. The molecule has 0 aliphatic carbocycles. The number of aryl methyl sites for hydroxylation is 1. The van der Waals surface area contributed by atoms with Crippen LogP contribution in [0.5, 0.6) is 0 Å². The van der Waals surface area contributed by atoms with Crippen LogP contribution in [-0.4, -0.2) is 10.8 Å². The molecule has 0 radical (unpaired) electrons. The molecule has 0 aliphatic heterocycles. The van der Waals surface area contributed by atoms with Gasteiger partial charge in [0.05, 0.1) is 11.5 Å². The van der Waals surface area contributed by atoms with Crippen LogP contribution in [0.15, 0.2) is 30.3 Å². The lowest BCUT2D eigenvalue weighted by atomic mass is 10.1. The van der Waals surface area contributed by atoms with E-state index in [0.717, 1.165) is 11.3 Å². The van der Waals surface area contributed by atoms with Crippen LogP contribution in [0.1, 0.15) is 27.0 Å². The summed E-state index contributed by atoms with van der Waals surface area (Å²) in [4.78, 5) is 24.7. The number of nitro groups is 1. The van der Waals surface area contributed by atoms with E-state index < -0.39 is 10.8 Å². The van der Waals surface area contributed by atoms with Crippen molar-refractivity contribution in [2.75, 3.05) is 0 Å². The summed E-state index contributed by atoms with van der Waals surface area (Å²) in [6.07, 6.45) is 0.943. The lowest BCUT2D eigenvalue weighted by Gasteiger charge is -2.05. The molecule has 1 N–H and O–H groups in total. The molecule has 7 heteroatoms. The summed E-state index contributed by atoms with van der Waals surface area (Å²) in [7, 11) is 0. The minimum Gasteiger partial charge on any atom is -0.347 e. The van der Waals surface area contributed by atoms with Gasteiger partial charge in [-0.15, -0.1) is 11.3 Å². The van der Waals surface area contributed by atoms with Crippen LogP contribution < -0.4 is 5.32 Å². The van der Waals surface area contributed by atoms with E-state index in [0.29, 0.717) is 6.54 Å². The maximum atomic E-state index is 12.1. The number of para-hydroxylation sites is 1. The Bertz CT molecular complexity index is 685. The van der Waals surface area contributed by atoms with Gasteiger partial charge in [0, 0.05) is 9.75 Å². The van der Waals surface area contributed by atoms with Crippen LogP contribution >= 0.6 is 22.9 Å². The minimum atomic E-state index is -0.641. The Morgan fingerprint density at radius 1 is 1.33 bits per heavy atom. The molecule has 0 saturated heterocycles. The molecule has 0 fully saturated rings. The molecule has 0 bridgehead atoms.